The summed E-state index contributed by atoms with van der Waals surface area (Å²) in [5.74, 6) is 0.534. The Kier molecular flexibility index (Phi) is 5.08. The second-order valence-electron chi connectivity index (χ2n) is 5.42. The molecule has 21 heavy (non-hydrogen) atoms. The highest BCUT2D eigenvalue weighted by molar-refractivity contribution is 5.91. The molecule has 0 radical (unpaired) electrons. The quantitative estimate of drug-likeness (QED) is 0.823. The third-order valence-electron chi connectivity index (χ3n) is 3.97. The van der Waals surface area contributed by atoms with Crippen LogP contribution in [-0.2, 0) is 4.74 Å². The number of anilines is 1. The summed E-state index contributed by atoms with van der Waals surface area (Å²) < 4.78 is 5.42. The Hall–Kier alpha value is -1.73. The molecular formula is C14H23N5O2. The summed E-state index contributed by atoms with van der Waals surface area (Å²) in [5, 5.41) is 10.6. The van der Waals surface area contributed by atoms with E-state index in [-0.39, 0.29) is 5.91 Å². The van der Waals surface area contributed by atoms with Crippen molar-refractivity contribution >= 4 is 11.7 Å². The van der Waals surface area contributed by atoms with Crippen LogP contribution in [0.25, 0.3) is 0 Å². The Morgan fingerprint density at radius 2 is 2.29 bits per heavy atom. The fourth-order valence-electron chi connectivity index (χ4n) is 2.60. The van der Waals surface area contributed by atoms with Gasteiger partial charge in [-0.25, -0.2) is 0 Å². The van der Waals surface area contributed by atoms with Gasteiger partial charge in [-0.3, -0.25) is 9.69 Å². The van der Waals surface area contributed by atoms with Crippen LogP contribution in [0.1, 0.15) is 16.9 Å². The molecule has 1 aliphatic heterocycles. The number of hydrogen-bond acceptors (Lipinski definition) is 6. The van der Waals surface area contributed by atoms with Gasteiger partial charge in [-0.2, -0.15) is 0 Å². The molecule has 0 aliphatic carbocycles. The monoisotopic (exact) mass is 293 g/mol. The van der Waals surface area contributed by atoms with Gasteiger partial charge < -0.3 is 15.0 Å². The first-order valence-corrected chi connectivity index (χ1v) is 7.05. The zero-order valence-corrected chi connectivity index (χ0v) is 13.0. The summed E-state index contributed by atoms with van der Waals surface area (Å²) in [6.07, 6.45) is 1.32. The molecule has 2 atom stereocenters. The highest BCUT2D eigenvalue weighted by Crippen LogP contribution is 2.20. The summed E-state index contributed by atoms with van der Waals surface area (Å²) >= 11 is 0. The normalized spacial score (nSPS) is 22.3. The number of likely N-dealkylation sites (N-methyl/N-ethyl adjacent to an activating group) is 2. The van der Waals surface area contributed by atoms with Crippen molar-refractivity contribution in [3.8, 4) is 0 Å². The fraction of sp³-hybridized carbons (Fsp3) is 0.643. The zero-order valence-electron chi connectivity index (χ0n) is 13.0. The number of methoxy groups -OCH3 is 1. The van der Waals surface area contributed by atoms with E-state index in [9.17, 15) is 4.79 Å². The number of likely N-dealkylation sites (tertiary alicyclic amines) is 1. The van der Waals surface area contributed by atoms with Gasteiger partial charge in [0.1, 0.15) is 0 Å². The largest absolute Gasteiger partial charge is 0.380 e. The van der Waals surface area contributed by atoms with Crippen molar-refractivity contribution < 1.29 is 9.53 Å². The van der Waals surface area contributed by atoms with Crippen molar-refractivity contribution in [2.75, 3.05) is 46.2 Å². The molecule has 1 aromatic heterocycles. The minimum atomic E-state index is -0.227. The van der Waals surface area contributed by atoms with Crippen LogP contribution >= 0.6 is 0 Å². The maximum atomic E-state index is 11.4. The topological polar surface area (TPSA) is 70.6 Å². The molecule has 0 bridgehead atoms. The van der Waals surface area contributed by atoms with Crippen LogP contribution < -0.4 is 10.2 Å². The summed E-state index contributed by atoms with van der Waals surface area (Å²) in [7, 11) is 7.43. The van der Waals surface area contributed by atoms with Crippen molar-refractivity contribution in [3.63, 3.8) is 0 Å². The van der Waals surface area contributed by atoms with Crippen LogP contribution in [0.2, 0.25) is 0 Å². The first kappa shape index (κ1) is 15.7. The first-order valence-electron chi connectivity index (χ1n) is 7.05. The predicted octanol–water partition coefficient (Wildman–Crippen LogP) is -0.00850. The predicted molar refractivity (Wildman–Crippen MR) is 80.5 cm³/mol. The van der Waals surface area contributed by atoms with E-state index in [4.69, 9.17) is 4.74 Å². The number of carbonyl (C=O) groups excluding carboxylic acids is 1. The number of rotatable bonds is 5. The number of nitrogens with zero attached hydrogens (tertiary/aromatic N) is 4. The SMILES string of the molecule is CNC(=O)c1ccc(N(C)C[C@@H]2C[C@H](OC)CN2C)nn1. The zero-order chi connectivity index (χ0) is 15.4. The molecule has 116 valence electrons. The van der Waals surface area contributed by atoms with Crippen molar-refractivity contribution in [2.45, 2.75) is 18.6 Å². The second-order valence-corrected chi connectivity index (χ2v) is 5.42. The van der Waals surface area contributed by atoms with Gasteiger partial charge in [0, 0.05) is 40.3 Å². The minimum absolute atomic E-state index is 0.227. The summed E-state index contributed by atoms with van der Waals surface area (Å²) in [5.41, 5.74) is 0.326. The smallest absolute Gasteiger partial charge is 0.271 e. The van der Waals surface area contributed by atoms with E-state index >= 15 is 0 Å². The highest BCUT2D eigenvalue weighted by atomic mass is 16.5. The molecular weight excluding hydrogens is 270 g/mol. The van der Waals surface area contributed by atoms with Gasteiger partial charge >= 0.3 is 0 Å². The van der Waals surface area contributed by atoms with E-state index in [0.717, 1.165) is 25.3 Å². The van der Waals surface area contributed by atoms with Gasteiger partial charge in [-0.05, 0) is 25.6 Å². The average Bonchev–Trinajstić information content (AvgIpc) is 2.86. The Morgan fingerprint density at radius 3 is 2.81 bits per heavy atom. The Balaban J connectivity index is 1.97. The average molecular weight is 293 g/mol. The van der Waals surface area contributed by atoms with Crippen molar-refractivity contribution in [1.29, 1.82) is 0 Å². The molecule has 0 aromatic carbocycles. The van der Waals surface area contributed by atoms with E-state index in [1.807, 2.05) is 13.1 Å². The molecule has 1 amide bonds. The van der Waals surface area contributed by atoms with Crippen LogP contribution in [0.4, 0.5) is 5.82 Å². The molecule has 1 saturated heterocycles. The second kappa shape index (κ2) is 6.82. The summed E-state index contributed by atoms with van der Waals surface area (Å²) in [6, 6.07) is 3.94. The van der Waals surface area contributed by atoms with Crippen LogP contribution in [0, 0.1) is 0 Å². The van der Waals surface area contributed by atoms with E-state index in [2.05, 4.69) is 32.4 Å². The van der Waals surface area contributed by atoms with Gasteiger partial charge in [-0.15, -0.1) is 10.2 Å². The van der Waals surface area contributed by atoms with E-state index < -0.39 is 0 Å². The molecule has 1 fully saturated rings. The van der Waals surface area contributed by atoms with Crippen LogP contribution in [0.3, 0.4) is 0 Å². The third kappa shape index (κ3) is 3.68. The number of amides is 1. The van der Waals surface area contributed by atoms with Crippen LogP contribution in [0.15, 0.2) is 12.1 Å². The lowest BCUT2D eigenvalue weighted by molar-refractivity contribution is 0.0957. The van der Waals surface area contributed by atoms with Gasteiger partial charge in [-0.1, -0.05) is 0 Å². The molecule has 2 heterocycles. The lowest BCUT2D eigenvalue weighted by Gasteiger charge is -2.25. The number of hydrogen-bond donors (Lipinski definition) is 1. The Bertz CT molecular complexity index is 479. The summed E-state index contributed by atoms with van der Waals surface area (Å²) in [6.45, 7) is 1.81. The van der Waals surface area contributed by atoms with Crippen molar-refractivity contribution in [1.82, 2.24) is 20.4 Å². The molecule has 1 aromatic rings. The number of carbonyl (C=O) groups is 1. The van der Waals surface area contributed by atoms with Crippen molar-refractivity contribution in [3.05, 3.63) is 17.8 Å². The van der Waals surface area contributed by atoms with E-state index in [1.54, 1.807) is 20.2 Å². The number of nitrogens with one attached hydrogen (secondary N) is 1. The van der Waals surface area contributed by atoms with Gasteiger partial charge in [0.25, 0.3) is 5.91 Å². The first-order chi connectivity index (χ1) is 10.0. The van der Waals surface area contributed by atoms with Gasteiger partial charge in [0.2, 0.25) is 0 Å². The standard InChI is InChI=1S/C14H23N5O2/c1-15-14(20)12-5-6-13(17-16-12)19(3)8-10-7-11(21-4)9-18(10)2/h5-6,10-11H,7-9H2,1-4H3,(H,15,20)/t10-,11-/m0/s1. The summed E-state index contributed by atoms with van der Waals surface area (Å²) in [4.78, 5) is 15.8. The van der Waals surface area contributed by atoms with Crippen LogP contribution in [0.5, 0.6) is 0 Å². The maximum Gasteiger partial charge on any atom is 0.271 e. The molecule has 7 nitrogen and oxygen atoms in total. The number of ether oxygens (including phenoxy) is 1. The van der Waals surface area contributed by atoms with E-state index in [0.29, 0.717) is 17.8 Å². The molecule has 2 rings (SSSR count). The molecule has 0 spiro atoms. The molecule has 0 saturated carbocycles. The van der Waals surface area contributed by atoms with Crippen molar-refractivity contribution in [2.24, 2.45) is 0 Å². The lowest BCUT2D eigenvalue weighted by atomic mass is 10.2. The number of aromatic nitrogens is 2. The van der Waals surface area contributed by atoms with E-state index in [1.165, 1.54) is 0 Å². The molecule has 0 unspecified atom stereocenters. The minimum Gasteiger partial charge on any atom is -0.380 e. The molecule has 1 aliphatic rings. The third-order valence-corrected chi connectivity index (χ3v) is 3.97. The van der Waals surface area contributed by atoms with Gasteiger partial charge in [0.05, 0.1) is 6.10 Å². The van der Waals surface area contributed by atoms with Crippen LogP contribution in [-0.4, -0.2) is 74.5 Å². The molecule has 1 N–H and O–H groups in total. The maximum absolute atomic E-state index is 11.4. The Labute approximate surface area is 125 Å². The lowest BCUT2D eigenvalue weighted by Crippen LogP contribution is -2.37. The highest BCUT2D eigenvalue weighted by Gasteiger charge is 2.30. The fourth-order valence-corrected chi connectivity index (χ4v) is 2.60. The van der Waals surface area contributed by atoms with Gasteiger partial charge in [0.15, 0.2) is 11.5 Å². The molecule has 7 heteroatoms. The Morgan fingerprint density at radius 1 is 1.52 bits per heavy atom.